The highest BCUT2D eigenvalue weighted by Crippen LogP contribution is 2.29. The maximum Gasteiger partial charge on any atom is 0.254 e. The van der Waals surface area contributed by atoms with Crippen molar-refractivity contribution >= 4 is 11.8 Å². The highest BCUT2D eigenvalue weighted by atomic mass is 16.5. The molecule has 0 unspecified atom stereocenters. The molecule has 7 heteroatoms. The Kier molecular flexibility index (Phi) is 5.04. The molecular formula is C18H20N4O3. The predicted octanol–water partition coefficient (Wildman–Crippen LogP) is 1.16. The van der Waals surface area contributed by atoms with Crippen LogP contribution < -0.4 is 11.1 Å². The second-order valence-electron chi connectivity index (χ2n) is 6.10. The number of ether oxygens (including phenoxy) is 1. The third kappa shape index (κ3) is 3.83. The van der Waals surface area contributed by atoms with Gasteiger partial charge >= 0.3 is 0 Å². The highest BCUT2D eigenvalue weighted by molar-refractivity contribution is 5.94. The molecule has 3 N–H and O–H groups in total. The summed E-state index contributed by atoms with van der Waals surface area (Å²) >= 11 is 0. The summed E-state index contributed by atoms with van der Waals surface area (Å²) in [6.07, 6.45) is 3.97. The van der Waals surface area contributed by atoms with Gasteiger partial charge in [-0.3, -0.25) is 9.59 Å². The van der Waals surface area contributed by atoms with Gasteiger partial charge in [0.25, 0.3) is 5.91 Å². The van der Waals surface area contributed by atoms with Gasteiger partial charge in [-0.2, -0.15) is 0 Å². The molecule has 1 aliphatic rings. The zero-order valence-corrected chi connectivity index (χ0v) is 13.8. The molecule has 2 amide bonds. The number of carbonyl (C=O) groups excluding carboxylic acids is 2. The number of aromatic nitrogens is 2. The lowest BCUT2D eigenvalue weighted by Crippen LogP contribution is -2.49. The number of primary amides is 1. The molecule has 1 aliphatic heterocycles. The second-order valence-corrected chi connectivity index (χ2v) is 6.10. The minimum absolute atomic E-state index is 0.185. The molecule has 2 heterocycles. The van der Waals surface area contributed by atoms with Crippen LogP contribution in [0, 0.1) is 5.41 Å². The molecule has 0 saturated carbocycles. The van der Waals surface area contributed by atoms with E-state index in [-0.39, 0.29) is 12.5 Å². The van der Waals surface area contributed by atoms with Gasteiger partial charge in [0.1, 0.15) is 0 Å². The van der Waals surface area contributed by atoms with Crippen molar-refractivity contribution in [1.82, 2.24) is 15.3 Å². The number of hydrogen-bond acceptors (Lipinski definition) is 5. The van der Waals surface area contributed by atoms with Crippen LogP contribution in [0.3, 0.4) is 0 Å². The molecule has 2 aromatic rings. The molecule has 0 spiro atoms. The largest absolute Gasteiger partial charge is 0.381 e. The van der Waals surface area contributed by atoms with E-state index >= 15 is 0 Å². The average molecular weight is 340 g/mol. The summed E-state index contributed by atoms with van der Waals surface area (Å²) in [6.45, 7) is 1.12. The van der Waals surface area contributed by atoms with Crippen LogP contribution in [0.1, 0.15) is 23.2 Å². The standard InChI is InChI=1S/C18H20N4O3/c19-17(24)18(6-8-25-9-7-18)12-22-16(23)14-10-20-15(21-11-14)13-4-2-1-3-5-13/h1-5,10-11H,6-9,12H2,(H2,19,24)(H,22,23). The minimum atomic E-state index is -0.751. The molecule has 0 atom stereocenters. The summed E-state index contributed by atoms with van der Waals surface area (Å²) in [6, 6.07) is 9.51. The van der Waals surface area contributed by atoms with Crippen LogP contribution in [0.25, 0.3) is 11.4 Å². The number of benzene rings is 1. The lowest BCUT2D eigenvalue weighted by molar-refractivity contribution is -0.132. The Labute approximate surface area is 145 Å². The number of amides is 2. The highest BCUT2D eigenvalue weighted by Gasteiger charge is 2.38. The Bertz CT molecular complexity index is 741. The van der Waals surface area contributed by atoms with E-state index in [9.17, 15) is 9.59 Å². The fourth-order valence-electron chi connectivity index (χ4n) is 2.81. The fourth-order valence-corrected chi connectivity index (χ4v) is 2.81. The Morgan fingerprint density at radius 2 is 1.76 bits per heavy atom. The normalized spacial score (nSPS) is 16.2. The van der Waals surface area contributed by atoms with E-state index < -0.39 is 11.3 Å². The molecular weight excluding hydrogens is 320 g/mol. The summed E-state index contributed by atoms with van der Waals surface area (Å²) in [5, 5.41) is 2.77. The number of hydrogen-bond donors (Lipinski definition) is 2. The number of nitrogens with zero attached hydrogens (tertiary/aromatic N) is 2. The van der Waals surface area contributed by atoms with Gasteiger partial charge in [0.05, 0.1) is 11.0 Å². The van der Waals surface area contributed by atoms with Gasteiger partial charge in [-0.05, 0) is 12.8 Å². The van der Waals surface area contributed by atoms with E-state index in [1.54, 1.807) is 0 Å². The molecule has 0 radical (unpaired) electrons. The van der Waals surface area contributed by atoms with Crippen LogP contribution in [0.2, 0.25) is 0 Å². The first-order chi connectivity index (χ1) is 12.1. The van der Waals surface area contributed by atoms with Gasteiger partial charge in [0.2, 0.25) is 5.91 Å². The van der Waals surface area contributed by atoms with E-state index in [0.29, 0.717) is 37.4 Å². The molecule has 25 heavy (non-hydrogen) atoms. The van der Waals surface area contributed by atoms with Gasteiger partial charge in [-0.25, -0.2) is 9.97 Å². The lowest BCUT2D eigenvalue weighted by atomic mass is 9.79. The zero-order chi connectivity index (χ0) is 17.7. The summed E-state index contributed by atoms with van der Waals surface area (Å²) < 4.78 is 5.28. The van der Waals surface area contributed by atoms with Gasteiger partial charge in [-0.1, -0.05) is 30.3 Å². The SMILES string of the molecule is NC(=O)C1(CNC(=O)c2cnc(-c3ccccc3)nc2)CCOCC1. The predicted molar refractivity (Wildman–Crippen MR) is 91.5 cm³/mol. The molecule has 1 aromatic heterocycles. The third-order valence-electron chi connectivity index (χ3n) is 4.51. The monoisotopic (exact) mass is 340 g/mol. The van der Waals surface area contributed by atoms with Crippen molar-refractivity contribution in [2.24, 2.45) is 11.1 Å². The van der Waals surface area contributed by atoms with E-state index in [1.165, 1.54) is 12.4 Å². The van der Waals surface area contributed by atoms with Crippen LogP contribution >= 0.6 is 0 Å². The number of nitrogens with one attached hydrogen (secondary N) is 1. The first-order valence-corrected chi connectivity index (χ1v) is 8.14. The van der Waals surface area contributed by atoms with Crippen LogP contribution in [0.5, 0.6) is 0 Å². The topological polar surface area (TPSA) is 107 Å². The summed E-state index contributed by atoms with van der Waals surface area (Å²) in [7, 11) is 0. The van der Waals surface area contributed by atoms with Gasteiger partial charge in [0.15, 0.2) is 5.82 Å². The first kappa shape index (κ1) is 17.0. The van der Waals surface area contributed by atoms with Crippen molar-refractivity contribution in [3.05, 3.63) is 48.3 Å². The van der Waals surface area contributed by atoms with Crippen molar-refractivity contribution in [1.29, 1.82) is 0 Å². The van der Waals surface area contributed by atoms with Gasteiger partial charge < -0.3 is 15.8 Å². The summed E-state index contributed by atoms with van der Waals surface area (Å²) in [5.74, 6) is -0.186. The zero-order valence-electron chi connectivity index (χ0n) is 13.8. The van der Waals surface area contributed by atoms with Crippen molar-refractivity contribution in [3.63, 3.8) is 0 Å². The van der Waals surface area contributed by atoms with Crippen LogP contribution in [-0.4, -0.2) is 41.5 Å². The number of carbonyl (C=O) groups is 2. The third-order valence-corrected chi connectivity index (χ3v) is 4.51. The molecule has 7 nitrogen and oxygen atoms in total. The Morgan fingerprint density at radius 3 is 2.36 bits per heavy atom. The van der Waals surface area contributed by atoms with Crippen LogP contribution in [0.15, 0.2) is 42.7 Å². The molecule has 1 fully saturated rings. The smallest absolute Gasteiger partial charge is 0.254 e. The fraction of sp³-hybridized carbons (Fsp3) is 0.333. The summed E-state index contributed by atoms with van der Waals surface area (Å²) in [5.41, 5.74) is 6.01. The average Bonchev–Trinajstić information content (AvgIpc) is 2.67. The van der Waals surface area contributed by atoms with E-state index in [1.807, 2.05) is 30.3 Å². The number of nitrogens with two attached hydrogens (primary N) is 1. The van der Waals surface area contributed by atoms with Crippen molar-refractivity contribution in [2.45, 2.75) is 12.8 Å². The maximum atomic E-state index is 12.3. The van der Waals surface area contributed by atoms with Gasteiger partial charge in [0, 0.05) is 37.7 Å². The molecule has 1 aromatic carbocycles. The maximum absolute atomic E-state index is 12.3. The van der Waals surface area contributed by atoms with E-state index in [2.05, 4.69) is 15.3 Å². The molecule has 3 rings (SSSR count). The van der Waals surface area contributed by atoms with Crippen molar-refractivity contribution < 1.29 is 14.3 Å². The summed E-state index contributed by atoms with van der Waals surface area (Å²) in [4.78, 5) is 32.6. The Balaban J connectivity index is 1.66. The van der Waals surface area contributed by atoms with Gasteiger partial charge in [-0.15, -0.1) is 0 Å². The second kappa shape index (κ2) is 7.40. The van der Waals surface area contributed by atoms with E-state index in [4.69, 9.17) is 10.5 Å². The Hall–Kier alpha value is -2.80. The molecule has 1 saturated heterocycles. The quantitative estimate of drug-likeness (QED) is 0.849. The van der Waals surface area contributed by atoms with E-state index in [0.717, 1.165) is 5.56 Å². The minimum Gasteiger partial charge on any atom is -0.381 e. The van der Waals surface area contributed by atoms with Crippen LogP contribution in [-0.2, 0) is 9.53 Å². The Morgan fingerprint density at radius 1 is 1.12 bits per heavy atom. The molecule has 0 aliphatic carbocycles. The first-order valence-electron chi connectivity index (χ1n) is 8.14. The van der Waals surface area contributed by atoms with Crippen molar-refractivity contribution in [3.8, 4) is 11.4 Å². The van der Waals surface area contributed by atoms with Crippen molar-refractivity contribution in [2.75, 3.05) is 19.8 Å². The molecule has 0 bridgehead atoms. The lowest BCUT2D eigenvalue weighted by Gasteiger charge is -2.34. The number of rotatable bonds is 5. The molecule has 130 valence electrons. The van der Waals surface area contributed by atoms with Crippen LogP contribution in [0.4, 0.5) is 0 Å².